The number of aliphatic hydroxyl groups excluding tert-OH is 2. The van der Waals surface area contributed by atoms with Crippen molar-refractivity contribution in [3.63, 3.8) is 0 Å². The zero-order valence-electron chi connectivity index (χ0n) is 21.3. The van der Waals surface area contributed by atoms with Crippen molar-refractivity contribution in [3.8, 4) is 0 Å². The first-order chi connectivity index (χ1) is 18.5. The number of nitrogens with one attached hydrogen (secondary N) is 2. The van der Waals surface area contributed by atoms with Crippen molar-refractivity contribution >= 4 is 27.0 Å². The summed E-state index contributed by atoms with van der Waals surface area (Å²) in [6, 6.07) is 1.92. The second kappa shape index (κ2) is 17.7. The number of ether oxygens (including phenoxy) is 2. The van der Waals surface area contributed by atoms with E-state index in [-0.39, 0.29) is 29.6 Å². The Kier molecular flexibility index (Phi) is 16.8. The predicted molar refractivity (Wildman–Crippen MR) is 131 cm³/mol. The molecule has 0 radical (unpaired) electrons. The average molecular weight is 639 g/mol. The summed E-state index contributed by atoms with van der Waals surface area (Å²) < 4.78 is 31.8. The van der Waals surface area contributed by atoms with Gasteiger partial charge in [0.05, 0.1) is 38.3 Å². The number of aromatic nitrogens is 4. The molecule has 0 aliphatic heterocycles. The van der Waals surface area contributed by atoms with Gasteiger partial charge in [0.1, 0.15) is 12.7 Å². The van der Waals surface area contributed by atoms with E-state index in [9.17, 15) is 37.9 Å². The molecule has 2 aromatic heterocycles. The summed E-state index contributed by atoms with van der Waals surface area (Å²) in [5.41, 5.74) is -3.24. The Morgan fingerprint density at radius 3 is 1.29 bits per heavy atom. The van der Waals surface area contributed by atoms with Crippen LogP contribution in [-0.2, 0) is 18.6 Å². The molecule has 0 aliphatic rings. The number of nitrogens with zero attached hydrogens (tertiary/aromatic N) is 2. The van der Waals surface area contributed by atoms with Crippen LogP contribution in [0, 0.1) is 0 Å². The molecule has 0 unspecified atom stereocenters. The van der Waals surface area contributed by atoms with Gasteiger partial charge in [-0.2, -0.15) is 0 Å². The predicted octanol–water partition coefficient (Wildman–Crippen LogP) is -6.84. The van der Waals surface area contributed by atoms with Crippen LogP contribution in [0.2, 0.25) is 0 Å². The van der Waals surface area contributed by atoms with Gasteiger partial charge in [0.25, 0.3) is 11.1 Å². The molecule has 2 heterocycles. The Morgan fingerprint density at radius 1 is 0.732 bits per heavy atom. The van der Waals surface area contributed by atoms with Crippen LogP contribution in [0.15, 0.2) is 43.7 Å². The summed E-state index contributed by atoms with van der Waals surface area (Å²) in [5, 5.41) is 17.9. The third-order valence-corrected chi connectivity index (χ3v) is 5.32. The Balaban J connectivity index is 0.000000762. The fourth-order valence-electron chi connectivity index (χ4n) is 2.57. The topological polar surface area (TPSA) is 318 Å². The van der Waals surface area contributed by atoms with E-state index < -0.39 is 100 Å². The van der Waals surface area contributed by atoms with E-state index in [1.165, 1.54) is 0 Å². The second-order valence-corrected chi connectivity index (χ2v) is 10.9. The summed E-state index contributed by atoms with van der Waals surface area (Å²) in [6.45, 7) is -1.33. The number of hydrogen-bond acceptors (Lipinski definition) is 12. The quantitative estimate of drug-likeness (QED) is 0.0790. The number of aliphatic hydroxyl groups is 2. The van der Waals surface area contributed by atoms with Gasteiger partial charge in [-0.3, -0.25) is 38.3 Å². The van der Waals surface area contributed by atoms with Crippen LogP contribution in [0.1, 0.15) is 22.4 Å². The molecule has 2 aromatic rings. The molecule has 0 aromatic carbocycles. The fourth-order valence-corrected chi connectivity index (χ4v) is 3.38. The minimum Gasteiger partial charge on any atom is -0.394 e. The molecule has 0 saturated heterocycles. The van der Waals surface area contributed by atoms with Crippen LogP contribution in [-0.4, -0.2) is 98.8 Å². The largest absolute Gasteiger partial charge is 1.00 e. The van der Waals surface area contributed by atoms with E-state index in [1.54, 1.807) is 0 Å². The molecule has 41 heavy (non-hydrogen) atoms. The van der Waals surface area contributed by atoms with E-state index >= 15 is 0 Å². The van der Waals surface area contributed by atoms with E-state index in [4.69, 9.17) is 39.3 Å². The van der Waals surface area contributed by atoms with Gasteiger partial charge in [0.15, 0.2) is 0 Å². The summed E-state index contributed by atoms with van der Waals surface area (Å²) >= 11 is 0. The first kappa shape index (κ1) is 38.8. The Hall–Kier alpha value is -2.16. The maximum Gasteiger partial charge on any atom is 1.00 e. The maximum absolute atomic E-state index is 11.7. The molecule has 0 aliphatic carbocycles. The normalized spacial score (nSPS) is 12.8. The van der Waals surface area contributed by atoms with Gasteiger partial charge in [-0.15, -0.1) is 0 Å². The molecule has 0 fully saturated rings. The van der Waals surface area contributed by atoms with Gasteiger partial charge in [0.2, 0.25) is 11.8 Å². The van der Waals surface area contributed by atoms with Gasteiger partial charge >= 0.3 is 56.1 Å². The molecule has 8 N–H and O–H groups in total. The van der Waals surface area contributed by atoms with Gasteiger partial charge in [-0.25, -0.2) is 18.7 Å². The Bertz CT molecular complexity index is 1380. The number of H-pyrrole nitrogens is 2. The number of carbonyl (C=O) groups is 2. The van der Waals surface area contributed by atoms with Gasteiger partial charge < -0.3 is 39.3 Å². The van der Waals surface area contributed by atoms with Crippen LogP contribution >= 0.6 is 15.2 Å². The number of hydrogen-bond donors (Lipinski definition) is 8. The van der Waals surface area contributed by atoms with E-state index in [2.05, 4.69) is 0 Å². The molecular weight excluding hydrogens is 613 g/mol. The summed E-state index contributed by atoms with van der Waals surface area (Å²) in [6.07, 6.45) is -3.30. The second-order valence-electron chi connectivity index (χ2n) is 7.69. The summed E-state index contributed by atoms with van der Waals surface area (Å²) in [7, 11) is -8.85. The SMILES string of the molecule is O=C(C[C@H](CO)OCP(=O)(O)O)n1ccc(=O)[nH]c1=O.O=C(C[C@H](CO)OCP(=O)(O)O)n1ccc(=O)[nH]c1=O.[Na+]. The minimum atomic E-state index is -4.42. The molecule has 0 saturated carbocycles. The van der Waals surface area contributed by atoms with Crippen molar-refractivity contribution in [2.24, 2.45) is 0 Å². The fraction of sp³-hybridized carbons (Fsp3) is 0.444. The van der Waals surface area contributed by atoms with Crippen LogP contribution < -0.4 is 52.1 Å². The Labute approximate surface area is 250 Å². The first-order valence-corrected chi connectivity index (χ1v) is 14.3. The van der Waals surface area contributed by atoms with E-state index in [0.29, 0.717) is 9.13 Å². The monoisotopic (exact) mass is 639 g/mol. The van der Waals surface area contributed by atoms with Crippen LogP contribution in [0.25, 0.3) is 0 Å². The third kappa shape index (κ3) is 15.6. The molecule has 23 heteroatoms. The third-order valence-electron chi connectivity index (χ3n) is 4.35. The van der Waals surface area contributed by atoms with Gasteiger partial charge in [-0.1, -0.05) is 0 Å². The van der Waals surface area contributed by atoms with E-state index in [0.717, 1.165) is 24.5 Å². The van der Waals surface area contributed by atoms with Gasteiger partial charge in [0, 0.05) is 24.5 Å². The minimum absolute atomic E-state index is 0. The summed E-state index contributed by atoms with van der Waals surface area (Å²) in [4.78, 5) is 106. The van der Waals surface area contributed by atoms with Crippen molar-refractivity contribution in [3.05, 3.63) is 66.2 Å². The van der Waals surface area contributed by atoms with Crippen molar-refractivity contribution < 1.29 is 87.5 Å². The molecule has 224 valence electrons. The maximum atomic E-state index is 11.7. The molecule has 0 amide bonds. The summed E-state index contributed by atoms with van der Waals surface area (Å²) in [5.74, 6) is -1.59. The van der Waals surface area contributed by atoms with E-state index in [1.807, 2.05) is 9.97 Å². The standard InChI is InChI=1S/2C9H13N2O8P.Na/c2*12-4-6(19-5-20(16,17)18)3-8(14)11-2-1-7(13)10-9(11)15;/h2*1-2,6,12H,3-5H2,(H,10,13,15)(H2,16,17,18);/q;;+1/t2*6-;/m11./s1. The van der Waals surface area contributed by atoms with Crippen LogP contribution in [0.5, 0.6) is 0 Å². The van der Waals surface area contributed by atoms with Crippen molar-refractivity contribution in [1.29, 1.82) is 0 Å². The molecule has 0 spiro atoms. The molecule has 20 nitrogen and oxygen atoms in total. The zero-order valence-corrected chi connectivity index (χ0v) is 25.1. The first-order valence-electron chi connectivity index (χ1n) is 10.7. The number of rotatable bonds is 12. The number of carbonyl (C=O) groups excluding carboxylic acids is 2. The molecular formula is C18H26N4NaO16P2+. The van der Waals surface area contributed by atoms with Crippen LogP contribution in [0.3, 0.4) is 0 Å². The van der Waals surface area contributed by atoms with Crippen molar-refractivity contribution in [2.45, 2.75) is 25.0 Å². The Morgan fingerprint density at radius 2 is 1.05 bits per heavy atom. The molecule has 2 atom stereocenters. The molecule has 2 rings (SSSR count). The number of aromatic amines is 2. The smallest absolute Gasteiger partial charge is 0.394 e. The average Bonchev–Trinajstić information content (AvgIpc) is 2.83. The van der Waals surface area contributed by atoms with Crippen molar-refractivity contribution in [1.82, 2.24) is 19.1 Å². The van der Waals surface area contributed by atoms with Crippen LogP contribution in [0.4, 0.5) is 0 Å². The zero-order chi connectivity index (χ0) is 30.7. The van der Waals surface area contributed by atoms with Crippen molar-refractivity contribution in [2.75, 3.05) is 25.9 Å². The molecule has 0 bridgehead atoms. The van der Waals surface area contributed by atoms with Gasteiger partial charge in [-0.05, 0) is 0 Å².